The summed E-state index contributed by atoms with van der Waals surface area (Å²) < 4.78 is 16.0. The van der Waals surface area contributed by atoms with Gasteiger partial charge in [0.15, 0.2) is 6.29 Å². The van der Waals surface area contributed by atoms with Crippen LogP contribution in [0, 0.1) is 0 Å². The Morgan fingerprint density at radius 2 is 2.09 bits per heavy atom. The van der Waals surface area contributed by atoms with Crippen molar-refractivity contribution in [2.75, 3.05) is 13.7 Å². The zero-order chi connectivity index (χ0) is 16.8. The van der Waals surface area contributed by atoms with E-state index in [1.54, 1.807) is 20.8 Å². The molecule has 8 nitrogen and oxygen atoms in total. The molecule has 0 spiro atoms. The van der Waals surface area contributed by atoms with E-state index in [2.05, 4.69) is 15.3 Å². The summed E-state index contributed by atoms with van der Waals surface area (Å²) in [6.45, 7) is 6.95. The predicted molar refractivity (Wildman–Crippen MR) is 78.3 cm³/mol. The Hall–Kier alpha value is -1.67. The molecule has 0 aliphatic carbocycles. The zero-order valence-corrected chi connectivity index (χ0v) is 13.7. The minimum Gasteiger partial charge on any atom is -0.444 e. The summed E-state index contributed by atoms with van der Waals surface area (Å²) >= 11 is 0. The smallest absolute Gasteiger partial charge is 0.407 e. The normalized spacial score (nSPS) is 24.0. The lowest BCUT2D eigenvalue weighted by Gasteiger charge is -2.30. The Labute approximate surface area is 130 Å². The number of hydrogen-bond acceptors (Lipinski definition) is 7. The van der Waals surface area contributed by atoms with Gasteiger partial charge in [-0.25, -0.2) is 9.59 Å². The van der Waals surface area contributed by atoms with Crippen molar-refractivity contribution in [3.8, 4) is 0 Å². The van der Waals surface area contributed by atoms with Gasteiger partial charge in [0.25, 0.3) is 0 Å². The Morgan fingerprint density at radius 1 is 1.41 bits per heavy atom. The van der Waals surface area contributed by atoms with Crippen molar-refractivity contribution in [2.24, 2.45) is 5.16 Å². The van der Waals surface area contributed by atoms with Gasteiger partial charge in [0, 0.05) is 20.6 Å². The van der Waals surface area contributed by atoms with Crippen LogP contribution in [0.2, 0.25) is 0 Å². The summed E-state index contributed by atoms with van der Waals surface area (Å²) in [5, 5.41) is 6.37. The van der Waals surface area contributed by atoms with Crippen molar-refractivity contribution >= 4 is 17.8 Å². The maximum Gasteiger partial charge on any atom is 0.407 e. The van der Waals surface area contributed by atoms with Crippen LogP contribution < -0.4 is 5.32 Å². The lowest BCUT2D eigenvalue weighted by molar-refractivity contribution is -0.143. The Balaban J connectivity index is 2.45. The summed E-state index contributed by atoms with van der Waals surface area (Å²) in [6.07, 6.45) is -0.251. The first-order chi connectivity index (χ1) is 10.2. The second-order valence-electron chi connectivity index (χ2n) is 5.91. The molecule has 1 rings (SSSR count). The summed E-state index contributed by atoms with van der Waals surface area (Å²) in [6, 6.07) is 0. The summed E-state index contributed by atoms with van der Waals surface area (Å²) in [5.41, 5.74) is -0.0395. The molecule has 0 radical (unpaired) electrons. The third kappa shape index (κ3) is 6.86. The molecule has 0 aromatic rings. The molecule has 2 atom stereocenters. The number of nitrogens with one attached hydrogen (secondary N) is 1. The highest BCUT2D eigenvalue weighted by atomic mass is 16.7. The van der Waals surface area contributed by atoms with E-state index in [1.165, 1.54) is 14.0 Å². The monoisotopic (exact) mass is 316 g/mol. The molecule has 1 N–H and O–H groups in total. The van der Waals surface area contributed by atoms with Gasteiger partial charge in [-0.15, -0.1) is 0 Å². The number of methoxy groups -OCH3 is 1. The van der Waals surface area contributed by atoms with E-state index in [1.807, 2.05) is 0 Å². The standard InChI is InChI=1S/C14H24N2O6/c1-9(17)22-16-11-7-6-10(20-12(11)19-5)8-15-13(18)21-14(2,3)4/h10,12H,6-8H2,1-5H3,(H,15,18)/b16-11+/t10-,12-/m0/s1. The molecule has 1 heterocycles. The van der Waals surface area contributed by atoms with E-state index in [9.17, 15) is 9.59 Å². The predicted octanol–water partition coefficient (Wildman–Crippen LogP) is 1.58. The third-order valence-corrected chi connectivity index (χ3v) is 2.69. The highest BCUT2D eigenvalue weighted by molar-refractivity contribution is 5.88. The lowest BCUT2D eigenvalue weighted by Crippen LogP contribution is -2.44. The number of oxime groups is 1. The molecule has 1 amide bonds. The van der Waals surface area contributed by atoms with Crippen molar-refractivity contribution < 1.29 is 28.6 Å². The molecule has 126 valence electrons. The topological polar surface area (TPSA) is 95.5 Å². The number of nitrogens with zero attached hydrogens (tertiary/aromatic N) is 1. The van der Waals surface area contributed by atoms with Crippen LogP contribution in [0.3, 0.4) is 0 Å². The maximum absolute atomic E-state index is 11.6. The molecule has 0 saturated carbocycles. The zero-order valence-electron chi connectivity index (χ0n) is 13.7. The van der Waals surface area contributed by atoms with Crippen molar-refractivity contribution in [2.45, 2.75) is 58.5 Å². The van der Waals surface area contributed by atoms with Crippen LogP contribution in [0.1, 0.15) is 40.5 Å². The Bertz CT molecular complexity index is 430. The van der Waals surface area contributed by atoms with E-state index < -0.39 is 24.0 Å². The van der Waals surface area contributed by atoms with Crippen LogP contribution in [-0.4, -0.2) is 49.4 Å². The highest BCUT2D eigenvalue weighted by Gasteiger charge is 2.29. The van der Waals surface area contributed by atoms with E-state index in [4.69, 9.17) is 14.2 Å². The number of alkyl carbamates (subject to hydrolysis) is 1. The SMILES string of the molecule is CO[C@H]1O[C@H](CNC(=O)OC(C)(C)C)CC/C1=N\OC(C)=O. The van der Waals surface area contributed by atoms with Crippen LogP contribution in [0.5, 0.6) is 0 Å². The molecule has 0 unspecified atom stereocenters. The molecule has 1 fully saturated rings. The van der Waals surface area contributed by atoms with Crippen molar-refractivity contribution in [3.63, 3.8) is 0 Å². The summed E-state index contributed by atoms with van der Waals surface area (Å²) in [5.74, 6) is -0.504. The molecule has 0 aromatic carbocycles. The first kappa shape index (κ1) is 18.4. The van der Waals surface area contributed by atoms with Gasteiger partial charge >= 0.3 is 12.1 Å². The van der Waals surface area contributed by atoms with Gasteiger partial charge < -0.3 is 24.4 Å². The van der Waals surface area contributed by atoms with E-state index in [0.717, 1.165) is 0 Å². The molecular weight excluding hydrogens is 292 g/mol. The molecule has 1 aliphatic rings. The molecular formula is C14H24N2O6. The second kappa shape index (κ2) is 8.09. The number of ether oxygens (including phenoxy) is 3. The molecule has 0 bridgehead atoms. The third-order valence-electron chi connectivity index (χ3n) is 2.69. The van der Waals surface area contributed by atoms with E-state index in [-0.39, 0.29) is 6.10 Å². The van der Waals surface area contributed by atoms with Gasteiger partial charge in [0.05, 0.1) is 6.10 Å². The Morgan fingerprint density at radius 3 is 2.64 bits per heavy atom. The highest BCUT2D eigenvalue weighted by Crippen LogP contribution is 2.18. The molecule has 1 aliphatic heterocycles. The van der Waals surface area contributed by atoms with Crippen LogP contribution in [0.25, 0.3) is 0 Å². The van der Waals surface area contributed by atoms with Gasteiger partial charge in [-0.2, -0.15) is 0 Å². The number of amides is 1. The molecule has 1 saturated heterocycles. The fourth-order valence-electron chi connectivity index (χ4n) is 1.81. The molecule has 0 aromatic heterocycles. The van der Waals surface area contributed by atoms with Crippen LogP contribution in [-0.2, 0) is 23.8 Å². The largest absolute Gasteiger partial charge is 0.444 e. The van der Waals surface area contributed by atoms with Gasteiger partial charge in [-0.1, -0.05) is 5.16 Å². The van der Waals surface area contributed by atoms with Gasteiger partial charge in [0.1, 0.15) is 11.3 Å². The first-order valence-corrected chi connectivity index (χ1v) is 7.10. The minimum atomic E-state index is -0.696. The average molecular weight is 316 g/mol. The number of rotatable bonds is 4. The summed E-state index contributed by atoms with van der Waals surface area (Å²) in [7, 11) is 1.47. The minimum absolute atomic E-state index is 0.228. The second-order valence-corrected chi connectivity index (χ2v) is 5.91. The fraction of sp³-hybridized carbons (Fsp3) is 0.786. The van der Waals surface area contributed by atoms with Gasteiger partial charge in [0.2, 0.25) is 0 Å². The van der Waals surface area contributed by atoms with Crippen molar-refractivity contribution in [3.05, 3.63) is 0 Å². The average Bonchev–Trinajstić information content (AvgIpc) is 2.41. The van der Waals surface area contributed by atoms with Crippen molar-refractivity contribution in [1.29, 1.82) is 0 Å². The quantitative estimate of drug-likeness (QED) is 0.625. The molecule has 8 heteroatoms. The van der Waals surface area contributed by atoms with E-state index in [0.29, 0.717) is 25.1 Å². The maximum atomic E-state index is 11.6. The number of hydrogen-bond donors (Lipinski definition) is 1. The first-order valence-electron chi connectivity index (χ1n) is 7.10. The lowest BCUT2D eigenvalue weighted by atomic mass is 10.1. The number of carbonyl (C=O) groups excluding carboxylic acids is 2. The van der Waals surface area contributed by atoms with Crippen molar-refractivity contribution in [1.82, 2.24) is 5.32 Å². The summed E-state index contributed by atoms with van der Waals surface area (Å²) in [4.78, 5) is 27.0. The van der Waals surface area contributed by atoms with E-state index >= 15 is 0 Å². The number of carbonyl (C=O) groups is 2. The molecule has 22 heavy (non-hydrogen) atoms. The Kier molecular flexibility index (Phi) is 6.76. The van der Waals surface area contributed by atoms with Crippen LogP contribution >= 0.6 is 0 Å². The fourth-order valence-corrected chi connectivity index (χ4v) is 1.81. The van der Waals surface area contributed by atoms with Gasteiger partial charge in [-0.05, 0) is 33.6 Å². The van der Waals surface area contributed by atoms with Gasteiger partial charge in [-0.3, -0.25) is 0 Å². The van der Waals surface area contributed by atoms with Crippen LogP contribution in [0.4, 0.5) is 4.79 Å². The van der Waals surface area contributed by atoms with Crippen LogP contribution in [0.15, 0.2) is 5.16 Å².